The molecule has 118 valence electrons. The fourth-order valence-electron chi connectivity index (χ4n) is 3.35. The molecule has 5 heteroatoms. The predicted molar refractivity (Wildman–Crippen MR) is 82.9 cm³/mol. The lowest BCUT2D eigenvalue weighted by Crippen LogP contribution is -2.58. The normalized spacial score (nSPS) is 31.1. The van der Waals surface area contributed by atoms with E-state index in [1.54, 1.807) is 0 Å². The molecule has 0 aliphatic carbocycles. The average molecular weight is 284 g/mol. The van der Waals surface area contributed by atoms with E-state index in [9.17, 15) is 0 Å². The van der Waals surface area contributed by atoms with Gasteiger partial charge in [0.15, 0.2) is 0 Å². The maximum absolute atomic E-state index is 5.97. The van der Waals surface area contributed by atoms with E-state index in [0.29, 0.717) is 12.1 Å². The second kappa shape index (κ2) is 7.71. The summed E-state index contributed by atoms with van der Waals surface area (Å²) in [4.78, 5) is 7.46. The van der Waals surface area contributed by atoms with Crippen LogP contribution in [0.2, 0.25) is 0 Å². The van der Waals surface area contributed by atoms with E-state index in [1.807, 2.05) is 0 Å². The number of hydrogen-bond acceptors (Lipinski definition) is 5. The van der Waals surface area contributed by atoms with Crippen LogP contribution in [0.4, 0.5) is 0 Å². The number of morpholine rings is 1. The minimum atomic E-state index is 0.347. The van der Waals surface area contributed by atoms with Crippen molar-refractivity contribution in [3.8, 4) is 0 Å². The summed E-state index contributed by atoms with van der Waals surface area (Å²) in [5, 5.41) is 0. The number of ether oxygens (including phenoxy) is 1. The third kappa shape index (κ3) is 4.67. The lowest BCUT2D eigenvalue weighted by Gasteiger charge is -2.43. The predicted octanol–water partition coefficient (Wildman–Crippen LogP) is -0.0821. The van der Waals surface area contributed by atoms with Gasteiger partial charge in [-0.1, -0.05) is 13.8 Å². The fourth-order valence-corrected chi connectivity index (χ4v) is 3.35. The first kappa shape index (κ1) is 16.2. The zero-order valence-electron chi connectivity index (χ0n) is 13.4. The summed E-state index contributed by atoms with van der Waals surface area (Å²) < 4.78 is 5.97. The average Bonchev–Trinajstić information content (AvgIpc) is 2.40. The zero-order valence-corrected chi connectivity index (χ0v) is 13.4. The summed E-state index contributed by atoms with van der Waals surface area (Å²) in [6, 6.07) is 0.484. The van der Waals surface area contributed by atoms with Crippen LogP contribution in [0.1, 0.15) is 13.8 Å². The van der Waals surface area contributed by atoms with Crippen molar-refractivity contribution in [1.29, 1.82) is 0 Å². The molecule has 0 aromatic heterocycles. The summed E-state index contributed by atoms with van der Waals surface area (Å²) in [5.41, 5.74) is 5.93. The molecule has 2 unspecified atom stereocenters. The summed E-state index contributed by atoms with van der Waals surface area (Å²) in [5.74, 6) is 0.731. The van der Waals surface area contributed by atoms with Crippen molar-refractivity contribution >= 4 is 0 Å². The SMILES string of the molecule is CC(C)CN1CCOC(CN2CCN(C)CC2CN)C1. The van der Waals surface area contributed by atoms with Gasteiger partial charge in [-0.05, 0) is 13.0 Å². The molecule has 2 fully saturated rings. The Bertz CT molecular complexity index is 287. The molecule has 2 heterocycles. The van der Waals surface area contributed by atoms with Crippen LogP contribution in [0.5, 0.6) is 0 Å². The van der Waals surface area contributed by atoms with Crippen LogP contribution in [0.25, 0.3) is 0 Å². The number of nitrogens with two attached hydrogens (primary N) is 1. The molecule has 0 spiro atoms. The van der Waals surface area contributed by atoms with Crippen molar-refractivity contribution in [2.24, 2.45) is 11.7 Å². The minimum Gasteiger partial charge on any atom is -0.374 e. The monoisotopic (exact) mass is 284 g/mol. The van der Waals surface area contributed by atoms with Gasteiger partial charge < -0.3 is 15.4 Å². The van der Waals surface area contributed by atoms with Gasteiger partial charge in [0, 0.05) is 58.4 Å². The highest BCUT2D eigenvalue weighted by molar-refractivity contribution is 4.85. The van der Waals surface area contributed by atoms with E-state index in [1.165, 1.54) is 6.54 Å². The zero-order chi connectivity index (χ0) is 14.5. The van der Waals surface area contributed by atoms with Gasteiger partial charge in [-0.15, -0.1) is 0 Å². The van der Waals surface area contributed by atoms with Gasteiger partial charge in [0.05, 0.1) is 12.7 Å². The van der Waals surface area contributed by atoms with Crippen molar-refractivity contribution < 1.29 is 4.74 Å². The van der Waals surface area contributed by atoms with Crippen molar-refractivity contribution in [3.05, 3.63) is 0 Å². The quantitative estimate of drug-likeness (QED) is 0.765. The lowest BCUT2D eigenvalue weighted by molar-refractivity contribution is -0.0574. The number of likely N-dealkylation sites (N-methyl/N-ethyl adjacent to an activating group) is 1. The second-order valence-corrected chi connectivity index (χ2v) is 6.79. The minimum absolute atomic E-state index is 0.347. The molecule has 2 atom stereocenters. The second-order valence-electron chi connectivity index (χ2n) is 6.79. The van der Waals surface area contributed by atoms with Crippen LogP contribution in [0.15, 0.2) is 0 Å². The van der Waals surface area contributed by atoms with Gasteiger partial charge in [0.2, 0.25) is 0 Å². The van der Waals surface area contributed by atoms with Crippen LogP contribution in [0, 0.1) is 5.92 Å². The Morgan fingerprint density at radius 3 is 2.70 bits per heavy atom. The Kier molecular flexibility index (Phi) is 6.23. The molecular formula is C15H32N4O. The first-order valence-electron chi connectivity index (χ1n) is 8.05. The van der Waals surface area contributed by atoms with Gasteiger partial charge in [0.1, 0.15) is 0 Å². The van der Waals surface area contributed by atoms with Gasteiger partial charge in [0.25, 0.3) is 0 Å². The Morgan fingerprint density at radius 1 is 1.20 bits per heavy atom. The van der Waals surface area contributed by atoms with Crippen LogP contribution < -0.4 is 5.73 Å². The molecule has 0 amide bonds. The molecule has 2 aliphatic heterocycles. The number of piperazine rings is 1. The molecular weight excluding hydrogens is 252 g/mol. The maximum Gasteiger partial charge on any atom is 0.0829 e. The maximum atomic E-state index is 5.97. The molecule has 0 aromatic rings. The van der Waals surface area contributed by atoms with Crippen molar-refractivity contribution in [2.45, 2.75) is 26.0 Å². The Morgan fingerprint density at radius 2 is 2.00 bits per heavy atom. The van der Waals surface area contributed by atoms with E-state index in [-0.39, 0.29) is 0 Å². The van der Waals surface area contributed by atoms with Crippen molar-refractivity contribution in [2.75, 3.05) is 66.0 Å². The van der Waals surface area contributed by atoms with Crippen LogP contribution in [-0.4, -0.2) is 92.9 Å². The Labute approximate surface area is 124 Å². The van der Waals surface area contributed by atoms with Gasteiger partial charge in [-0.2, -0.15) is 0 Å². The van der Waals surface area contributed by atoms with E-state index in [0.717, 1.165) is 58.3 Å². The molecule has 0 bridgehead atoms. The molecule has 0 radical (unpaired) electrons. The fraction of sp³-hybridized carbons (Fsp3) is 1.00. The van der Waals surface area contributed by atoms with E-state index in [2.05, 4.69) is 35.6 Å². The Balaban J connectivity index is 1.82. The first-order chi connectivity index (χ1) is 9.58. The first-order valence-corrected chi connectivity index (χ1v) is 8.05. The van der Waals surface area contributed by atoms with Crippen LogP contribution in [-0.2, 0) is 4.74 Å². The van der Waals surface area contributed by atoms with Gasteiger partial charge in [-0.25, -0.2) is 0 Å². The number of hydrogen-bond donors (Lipinski definition) is 1. The molecule has 2 rings (SSSR count). The largest absolute Gasteiger partial charge is 0.374 e. The van der Waals surface area contributed by atoms with E-state index < -0.39 is 0 Å². The van der Waals surface area contributed by atoms with Gasteiger partial charge in [-0.3, -0.25) is 9.80 Å². The highest BCUT2D eigenvalue weighted by atomic mass is 16.5. The smallest absolute Gasteiger partial charge is 0.0829 e. The molecule has 0 saturated carbocycles. The number of nitrogens with zero attached hydrogens (tertiary/aromatic N) is 3. The van der Waals surface area contributed by atoms with E-state index >= 15 is 0 Å². The summed E-state index contributed by atoms with van der Waals surface area (Å²) in [6.07, 6.45) is 0.347. The molecule has 5 nitrogen and oxygen atoms in total. The van der Waals surface area contributed by atoms with E-state index in [4.69, 9.17) is 10.5 Å². The molecule has 0 aromatic carbocycles. The molecule has 2 N–H and O–H groups in total. The van der Waals surface area contributed by atoms with Crippen LogP contribution >= 0.6 is 0 Å². The summed E-state index contributed by atoms with van der Waals surface area (Å²) in [7, 11) is 2.18. The highest BCUT2D eigenvalue weighted by Gasteiger charge is 2.29. The Hall–Kier alpha value is -0.200. The summed E-state index contributed by atoms with van der Waals surface area (Å²) >= 11 is 0. The van der Waals surface area contributed by atoms with Crippen molar-refractivity contribution in [1.82, 2.24) is 14.7 Å². The highest BCUT2D eigenvalue weighted by Crippen LogP contribution is 2.13. The summed E-state index contributed by atoms with van der Waals surface area (Å²) in [6.45, 7) is 13.9. The van der Waals surface area contributed by atoms with Crippen molar-refractivity contribution in [3.63, 3.8) is 0 Å². The van der Waals surface area contributed by atoms with Crippen LogP contribution in [0.3, 0.4) is 0 Å². The third-order valence-electron chi connectivity index (χ3n) is 4.36. The third-order valence-corrected chi connectivity index (χ3v) is 4.36. The standard InChI is InChI=1S/C15H32N4O/c1-13(2)9-18-6-7-20-15(11-18)12-19-5-4-17(3)10-14(19)8-16/h13-15H,4-12,16H2,1-3H3. The number of rotatable bonds is 5. The topological polar surface area (TPSA) is 45.0 Å². The lowest BCUT2D eigenvalue weighted by atomic mass is 10.1. The van der Waals surface area contributed by atoms with Gasteiger partial charge >= 0.3 is 0 Å². The molecule has 2 saturated heterocycles. The molecule has 20 heavy (non-hydrogen) atoms. The molecule has 2 aliphatic rings.